The number of pyridine rings is 1. The molecule has 0 bridgehead atoms. The minimum absolute atomic E-state index is 0.0569. The second-order valence-corrected chi connectivity index (χ2v) is 5.97. The van der Waals surface area contributed by atoms with E-state index in [9.17, 15) is 22.8 Å². The van der Waals surface area contributed by atoms with Crippen LogP contribution in [0.4, 0.5) is 13.2 Å². The Labute approximate surface area is 153 Å². The minimum Gasteiger partial charge on any atom is -0.491 e. The van der Waals surface area contributed by atoms with Gasteiger partial charge in [0.05, 0.1) is 18.4 Å². The quantitative estimate of drug-likeness (QED) is 0.731. The van der Waals surface area contributed by atoms with Gasteiger partial charge in [0, 0.05) is 5.56 Å². The molecular weight excluding hydrogens is 419 g/mol. The van der Waals surface area contributed by atoms with Crippen LogP contribution in [0, 0.1) is 0 Å². The average Bonchev–Trinajstić information content (AvgIpc) is 2.58. The highest BCUT2D eigenvalue weighted by atomic mass is 79.9. The fourth-order valence-electron chi connectivity index (χ4n) is 2.44. The number of allylic oxidation sites excluding steroid dienone is 2. The number of nitrogens with zero attached hydrogens (tertiary/aromatic N) is 1. The molecule has 1 aliphatic rings. The van der Waals surface area contributed by atoms with E-state index in [1.54, 1.807) is 0 Å². The molecule has 0 saturated carbocycles. The molecule has 5 nitrogen and oxygen atoms in total. The van der Waals surface area contributed by atoms with Gasteiger partial charge in [0.1, 0.15) is 15.9 Å². The fraction of sp³-hybridized carbons (Fsp3) is 0.118. The zero-order chi connectivity index (χ0) is 19.1. The van der Waals surface area contributed by atoms with E-state index in [0.717, 1.165) is 12.1 Å². The van der Waals surface area contributed by atoms with Crippen LogP contribution in [0.1, 0.15) is 20.8 Å². The standard InChI is InChI=1S/C17H9BrF3NO4/c1-25-16-12(18)15(24)13-10(14(16)23)5-6-11(22-13)8-3-2-4-9(7-8)26-17(19,20)21/h2-7H,1H3. The van der Waals surface area contributed by atoms with Gasteiger partial charge in [-0.05, 0) is 40.2 Å². The number of Topliss-reactive ketones (excluding diaryl/α,β-unsaturated/α-hetero) is 2. The first-order valence-electron chi connectivity index (χ1n) is 7.11. The summed E-state index contributed by atoms with van der Waals surface area (Å²) in [6.45, 7) is 0. The van der Waals surface area contributed by atoms with Crippen LogP contribution in [-0.2, 0) is 4.74 Å². The predicted molar refractivity (Wildman–Crippen MR) is 88.0 cm³/mol. The summed E-state index contributed by atoms with van der Waals surface area (Å²) >= 11 is 3.02. The fourth-order valence-corrected chi connectivity index (χ4v) is 2.97. The van der Waals surface area contributed by atoms with Crippen LogP contribution in [0.5, 0.6) is 5.75 Å². The molecule has 0 amide bonds. The summed E-state index contributed by atoms with van der Waals surface area (Å²) in [5.74, 6) is -1.61. The zero-order valence-electron chi connectivity index (χ0n) is 13.1. The smallest absolute Gasteiger partial charge is 0.491 e. The molecule has 0 aliphatic heterocycles. The van der Waals surface area contributed by atoms with Crippen molar-refractivity contribution in [1.82, 2.24) is 4.98 Å². The average molecular weight is 428 g/mol. The van der Waals surface area contributed by atoms with Gasteiger partial charge in [0.2, 0.25) is 11.6 Å². The molecule has 0 unspecified atom stereocenters. The lowest BCUT2D eigenvalue weighted by molar-refractivity contribution is -0.274. The van der Waals surface area contributed by atoms with Crippen LogP contribution in [0.2, 0.25) is 0 Å². The number of alkyl halides is 3. The summed E-state index contributed by atoms with van der Waals surface area (Å²) in [4.78, 5) is 28.9. The van der Waals surface area contributed by atoms with Crippen molar-refractivity contribution in [3.8, 4) is 17.0 Å². The number of hydrogen-bond acceptors (Lipinski definition) is 5. The summed E-state index contributed by atoms with van der Waals surface area (Å²) < 4.78 is 45.9. The third-order valence-electron chi connectivity index (χ3n) is 3.53. The predicted octanol–water partition coefficient (Wildman–Crippen LogP) is 4.28. The van der Waals surface area contributed by atoms with E-state index in [0.29, 0.717) is 5.56 Å². The number of aromatic nitrogens is 1. The lowest BCUT2D eigenvalue weighted by Gasteiger charge is -2.17. The first-order valence-corrected chi connectivity index (χ1v) is 7.91. The first-order chi connectivity index (χ1) is 12.2. The van der Waals surface area contributed by atoms with E-state index in [4.69, 9.17) is 4.74 Å². The highest BCUT2D eigenvalue weighted by Crippen LogP contribution is 2.32. The number of carbonyl (C=O) groups is 2. The third-order valence-corrected chi connectivity index (χ3v) is 4.25. The second kappa shape index (κ2) is 6.56. The van der Waals surface area contributed by atoms with Crippen molar-refractivity contribution in [3.05, 3.63) is 57.9 Å². The van der Waals surface area contributed by atoms with Crippen molar-refractivity contribution < 1.29 is 32.2 Å². The van der Waals surface area contributed by atoms with Crippen molar-refractivity contribution >= 4 is 27.5 Å². The van der Waals surface area contributed by atoms with E-state index < -0.39 is 23.7 Å². The molecule has 0 radical (unpaired) electrons. The monoisotopic (exact) mass is 427 g/mol. The molecule has 134 valence electrons. The Morgan fingerprint density at radius 1 is 1.08 bits per heavy atom. The molecule has 1 aliphatic carbocycles. The van der Waals surface area contributed by atoms with Crippen molar-refractivity contribution in [2.24, 2.45) is 0 Å². The molecule has 0 saturated heterocycles. The van der Waals surface area contributed by atoms with Crippen molar-refractivity contribution in [1.29, 1.82) is 0 Å². The van der Waals surface area contributed by atoms with E-state index in [2.05, 4.69) is 25.7 Å². The van der Waals surface area contributed by atoms with Gasteiger partial charge in [-0.1, -0.05) is 12.1 Å². The van der Waals surface area contributed by atoms with Gasteiger partial charge in [-0.3, -0.25) is 9.59 Å². The van der Waals surface area contributed by atoms with E-state index >= 15 is 0 Å². The first kappa shape index (κ1) is 18.1. The molecule has 3 rings (SSSR count). The molecule has 9 heteroatoms. The van der Waals surface area contributed by atoms with Crippen molar-refractivity contribution in [2.75, 3.05) is 7.11 Å². The Balaban J connectivity index is 2.04. The van der Waals surface area contributed by atoms with Gasteiger partial charge < -0.3 is 9.47 Å². The Morgan fingerprint density at radius 3 is 2.46 bits per heavy atom. The van der Waals surface area contributed by atoms with Gasteiger partial charge in [0.25, 0.3) is 0 Å². The lowest BCUT2D eigenvalue weighted by atomic mass is 9.97. The van der Waals surface area contributed by atoms with E-state index in [-0.39, 0.29) is 27.2 Å². The second-order valence-electron chi connectivity index (χ2n) is 5.17. The summed E-state index contributed by atoms with van der Waals surface area (Å²) in [6, 6.07) is 7.98. The van der Waals surface area contributed by atoms with Crippen LogP contribution in [0.25, 0.3) is 11.3 Å². The largest absolute Gasteiger partial charge is 0.573 e. The van der Waals surface area contributed by atoms with E-state index in [1.165, 1.54) is 31.4 Å². The van der Waals surface area contributed by atoms with Crippen LogP contribution in [0.3, 0.4) is 0 Å². The number of methoxy groups -OCH3 is 1. The van der Waals surface area contributed by atoms with Gasteiger partial charge in [-0.15, -0.1) is 13.2 Å². The minimum atomic E-state index is -4.82. The highest BCUT2D eigenvalue weighted by molar-refractivity contribution is 9.12. The zero-order valence-corrected chi connectivity index (χ0v) is 14.6. The number of benzene rings is 1. The summed E-state index contributed by atoms with van der Waals surface area (Å²) in [5.41, 5.74) is 0.468. The molecule has 1 aromatic heterocycles. The molecular formula is C17H9BrF3NO4. The molecule has 2 aromatic rings. The maximum Gasteiger partial charge on any atom is 0.573 e. The molecule has 0 spiro atoms. The lowest BCUT2D eigenvalue weighted by Crippen LogP contribution is -2.22. The number of hydrogen-bond donors (Lipinski definition) is 0. The SMILES string of the molecule is COC1=C(Br)C(=O)c2nc(-c3cccc(OC(F)(F)F)c3)ccc2C1=O. The van der Waals surface area contributed by atoms with Crippen LogP contribution in [0.15, 0.2) is 46.6 Å². The molecule has 1 aromatic carbocycles. The Kier molecular flexibility index (Phi) is 4.57. The molecule has 0 atom stereocenters. The maximum atomic E-state index is 12.4. The van der Waals surface area contributed by atoms with Gasteiger partial charge in [-0.2, -0.15) is 0 Å². The number of fused-ring (bicyclic) bond motifs is 1. The molecule has 0 N–H and O–H groups in total. The highest BCUT2D eigenvalue weighted by Gasteiger charge is 2.34. The van der Waals surface area contributed by atoms with Crippen molar-refractivity contribution in [2.45, 2.75) is 6.36 Å². The van der Waals surface area contributed by atoms with Gasteiger partial charge in [0.15, 0.2) is 5.76 Å². The van der Waals surface area contributed by atoms with Crippen LogP contribution in [-0.4, -0.2) is 30.0 Å². The van der Waals surface area contributed by atoms with E-state index in [1.807, 2.05) is 0 Å². The summed E-state index contributed by atoms with van der Waals surface area (Å²) in [5, 5.41) is 0. The number of carbonyl (C=O) groups excluding carboxylic acids is 2. The Bertz CT molecular complexity index is 953. The van der Waals surface area contributed by atoms with Gasteiger partial charge >= 0.3 is 6.36 Å². The number of rotatable bonds is 3. The molecule has 0 fully saturated rings. The van der Waals surface area contributed by atoms with Crippen LogP contribution >= 0.6 is 15.9 Å². The number of ether oxygens (including phenoxy) is 2. The Morgan fingerprint density at radius 2 is 1.81 bits per heavy atom. The summed E-state index contributed by atoms with van der Waals surface area (Å²) in [7, 11) is 1.26. The number of ketones is 2. The molecule has 1 heterocycles. The Hall–Kier alpha value is -2.68. The van der Waals surface area contributed by atoms with Gasteiger partial charge in [-0.25, -0.2) is 4.98 Å². The third kappa shape index (κ3) is 3.34. The summed E-state index contributed by atoms with van der Waals surface area (Å²) in [6.07, 6.45) is -4.82. The van der Waals surface area contributed by atoms with Crippen molar-refractivity contribution in [3.63, 3.8) is 0 Å². The topological polar surface area (TPSA) is 65.5 Å². The molecule has 26 heavy (non-hydrogen) atoms. The maximum absolute atomic E-state index is 12.4. The normalized spacial score (nSPS) is 14.3. The number of halogens is 4. The van der Waals surface area contributed by atoms with Crippen LogP contribution < -0.4 is 4.74 Å².